The van der Waals surface area contributed by atoms with E-state index in [0.29, 0.717) is 22.5 Å². The van der Waals surface area contributed by atoms with Crippen molar-refractivity contribution in [3.63, 3.8) is 0 Å². The van der Waals surface area contributed by atoms with Crippen LogP contribution < -0.4 is 10.5 Å². The van der Waals surface area contributed by atoms with Gasteiger partial charge in [0.05, 0.1) is 16.3 Å². The van der Waals surface area contributed by atoms with Gasteiger partial charge < -0.3 is 5.32 Å². The lowest BCUT2D eigenvalue weighted by Crippen LogP contribution is -2.17. The van der Waals surface area contributed by atoms with Gasteiger partial charge in [0.2, 0.25) is 10.0 Å². The van der Waals surface area contributed by atoms with Crippen molar-refractivity contribution in [3.05, 3.63) is 108 Å². The molecule has 0 saturated heterocycles. The van der Waals surface area contributed by atoms with E-state index in [0.717, 1.165) is 22.2 Å². The van der Waals surface area contributed by atoms with Gasteiger partial charge in [0, 0.05) is 16.6 Å². The molecule has 1 heterocycles. The first-order chi connectivity index (χ1) is 16.8. The zero-order valence-electron chi connectivity index (χ0n) is 18.8. The third-order valence-electron chi connectivity index (χ3n) is 5.71. The lowest BCUT2D eigenvalue weighted by molar-refractivity contribution is 0.101. The smallest absolute Gasteiger partial charge is 0.274 e. The molecular weight excluding hydrogens is 460 g/mol. The molecule has 5 rings (SSSR count). The molecule has 0 spiro atoms. The second-order valence-electron chi connectivity index (χ2n) is 8.15. The van der Waals surface area contributed by atoms with E-state index < -0.39 is 10.0 Å². The second kappa shape index (κ2) is 8.83. The molecule has 0 atom stereocenters. The Morgan fingerprint density at radius 2 is 1.57 bits per heavy atom. The zero-order chi connectivity index (χ0) is 24.6. The van der Waals surface area contributed by atoms with E-state index in [1.807, 2.05) is 49.4 Å². The number of hydrogen-bond acceptors (Lipinski definition) is 4. The number of nitrogens with two attached hydrogens (primary N) is 1. The first-order valence-electron chi connectivity index (χ1n) is 10.9. The van der Waals surface area contributed by atoms with E-state index in [2.05, 4.69) is 10.4 Å². The monoisotopic (exact) mass is 482 g/mol. The maximum Gasteiger partial charge on any atom is 0.274 e. The summed E-state index contributed by atoms with van der Waals surface area (Å²) in [4.78, 5) is 13.3. The molecule has 0 aliphatic carbocycles. The van der Waals surface area contributed by atoms with Crippen molar-refractivity contribution in [1.82, 2.24) is 9.78 Å². The SMILES string of the molecule is Cc1cc(C(=O)Nc2ccc(-c3ccccc3S(N)(=O)=O)cc2)n(-c2cccc3ccccc23)n1. The van der Waals surface area contributed by atoms with Crippen LogP contribution in [-0.2, 0) is 10.0 Å². The van der Waals surface area contributed by atoms with E-state index in [1.54, 1.807) is 53.2 Å². The molecule has 0 saturated carbocycles. The molecule has 3 N–H and O–H groups in total. The van der Waals surface area contributed by atoms with Crippen molar-refractivity contribution in [3.8, 4) is 16.8 Å². The van der Waals surface area contributed by atoms with Crippen LogP contribution in [0.5, 0.6) is 0 Å². The number of aromatic nitrogens is 2. The second-order valence-corrected chi connectivity index (χ2v) is 9.68. The van der Waals surface area contributed by atoms with Crippen LogP contribution in [0.2, 0.25) is 0 Å². The van der Waals surface area contributed by atoms with Crippen LogP contribution in [0, 0.1) is 6.92 Å². The highest BCUT2D eigenvalue weighted by atomic mass is 32.2. The van der Waals surface area contributed by atoms with Gasteiger partial charge in [-0.15, -0.1) is 0 Å². The number of nitrogens with one attached hydrogen (secondary N) is 1. The van der Waals surface area contributed by atoms with Crippen LogP contribution >= 0.6 is 0 Å². The van der Waals surface area contributed by atoms with Crippen LogP contribution in [0.3, 0.4) is 0 Å². The van der Waals surface area contributed by atoms with Crippen molar-refractivity contribution >= 4 is 32.4 Å². The Morgan fingerprint density at radius 1 is 0.886 bits per heavy atom. The fraction of sp³-hybridized carbons (Fsp3) is 0.0370. The van der Waals surface area contributed by atoms with Crippen molar-refractivity contribution in [2.75, 3.05) is 5.32 Å². The lowest BCUT2D eigenvalue weighted by Gasteiger charge is -2.12. The number of benzene rings is 4. The number of carbonyl (C=O) groups is 1. The van der Waals surface area contributed by atoms with Crippen molar-refractivity contribution < 1.29 is 13.2 Å². The normalized spacial score (nSPS) is 11.5. The number of aryl methyl sites for hydroxylation is 1. The molecule has 0 aliphatic rings. The van der Waals surface area contributed by atoms with Gasteiger partial charge in [-0.05, 0) is 48.2 Å². The summed E-state index contributed by atoms with van der Waals surface area (Å²) in [6.45, 7) is 1.84. The van der Waals surface area contributed by atoms with E-state index in [-0.39, 0.29) is 10.8 Å². The Labute approximate surface area is 202 Å². The summed E-state index contributed by atoms with van der Waals surface area (Å²) in [6, 6.07) is 29.0. The predicted molar refractivity (Wildman–Crippen MR) is 137 cm³/mol. The number of hydrogen-bond donors (Lipinski definition) is 2. The van der Waals surface area contributed by atoms with Gasteiger partial charge in [-0.2, -0.15) is 5.10 Å². The highest BCUT2D eigenvalue weighted by Crippen LogP contribution is 2.28. The van der Waals surface area contributed by atoms with E-state index in [1.165, 1.54) is 6.07 Å². The number of carbonyl (C=O) groups excluding carboxylic acids is 1. The Bertz CT molecular complexity index is 1670. The average Bonchev–Trinajstić information content (AvgIpc) is 3.25. The number of primary sulfonamides is 1. The van der Waals surface area contributed by atoms with Gasteiger partial charge in [0.1, 0.15) is 5.69 Å². The lowest BCUT2D eigenvalue weighted by atomic mass is 10.1. The molecule has 7 nitrogen and oxygen atoms in total. The number of nitrogens with zero attached hydrogens (tertiary/aromatic N) is 2. The van der Waals surface area contributed by atoms with Gasteiger partial charge in [-0.1, -0.05) is 66.7 Å². The third-order valence-corrected chi connectivity index (χ3v) is 6.68. The number of rotatable bonds is 5. The minimum absolute atomic E-state index is 0.0475. The highest BCUT2D eigenvalue weighted by Gasteiger charge is 2.18. The maximum absolute atomic E-state index is 13.2. The van der Waals surface area contributed by atoms with E-state index in [4.69, 9.17) is 5.14 Å². The van der Waals surface area contributed by atoms with Crippen LogP contribution in [0.4, 0.5) is 5.69 Å². The summed E-state index contributed by atoms with van der Waals surface area (Å²) in [7, 11) is -3.87. The molecule has 0 unspecified atom stereocenters. The van der Waals surface area contributed by atoms with Crippen molar-refractivity contribution in [1.29, 1.82) is 0 Å². The number of anilines is 1. The van der Waals surface area contributed by atoms with Gasteiger partial charge in [0.15, 0.2) is 0 Å². The summed E-state index contributed by atoms with van der Waals surface area (Å²) in [5, 5.41) is 14.9. The summed E-state index contributed by atoms with van der Waals surface area (Å²) in [6.07, 6.45) is 0. The summed E-state index contributed by atoms with van der Waals surface area (Å²) < 4.78 is 25.5. The van der Waals surface area contributed by atoms with Crippen LogP contribution in [0.15, 0.2) is 102 Å². The van der Waals surface area contributed by atoms with E-state index in [9.17, 15) is 13.2 Å². The quantitative estimate of drug-likeness (QED) is 0.371. The Balaban J connectivity index is 1.45. The average molecular weight is 483 g/mol. The molecule has 0 fully saturated rings. The molecule has 0 aliphatic heterocycles. The standard InChI is InChI=1S/C27H22N4O3S/c1-18-17-25(31(30-18)24-11-6-8-19-7-2-3-9-22(19)24)27(32)29-21-15-13-20(14-16-21)23-10-4-5-12-26(23)35(28,33)34/h2-17H,1H3,(H,29,32)(H2,28,33,34). The molecule has 0 radical (unpaired) electrons. The first kappa shape index (κ1) is 22.5. The number of sulfonamides is 1. The predicted octanol–water partition coefficient (Wildman–Crippen LogP) is 4.90. The minimum atomic E-state index is -3.87. The molecule has 5 aromatic rings. The maximum atomic E-state index is 13.2. The molecule has 1 amide bonds. The van der Waals surface area contributed by atoms with E-state index >= 15 is 0 Å². The Hall–Kier alpha value is -4.27. The molecular formula is C27H22N4O3S. The largest absolute Gasteiger partial charge is 0.321 e. The highest BCUT2D eigenvalue weighted by molar-refractivity contribution is 7.89. The van der Waals surface area contributed by atoms with Crippen LogP contribution in [-0.4, -0.2) is 24.1 Å². The Morgan fingerprint density at radius 3 is 2.34 bits per heavy atom. The Kier molecular flexibility index (Phi) is 5.68. The first-order valence-corrected chi connectivity index (χ1v) is 12.4. The minimum Gasteiger partial charge on any atom is -0.321 e. The van der Waals surface area contributed by atoms with Gasteiger partial charge >= 0.3 is 0 Å². The van der Waals surface area contributed by atoms with Gasteiger partial charge in [-0.3, -0.25) is 4.79 Å². The van der Waals surface area contributed by atoms with Crippen molar-refractivity contribution in [2.45, 2.75) is 11.8 Å². The fourth-order valence-electron chi connectivity index (χ4n) is 4.12. The summed E-state index contributed by atoms with van der Waals surface area (Å²) in [5.74, 6) is -0.309. The third kappa shape index (κ3) is 4.44. The topological polar surface area (TPSA) is 107 Å². The fourth-order valence-corrected chi connectivity index (χ4v) is 4.88. The van der Waals surface area contributed by atoms with Crippen molar-refractivity contribution in [2.24, 2.45) is 5.14 Å². The zero-order valence-corrected chi connectivity index (χ0v) is 19.7. The molecule has 0 bridgehead atoms. The summed E-state index contributed by atoms with van der Waals surface area (Å²) >= 11 is 0. The van der Waals surface area contributed by atoms with Crippen LogP contribution in [0.1, 0.15) is 16.2 Å². The molecule has 174 valence electrons. The molecule has 4 aromatic carbocycles. The molecule has 1 aromatic heterocycles. The van der Waals surface area contributed by atoms with Gasteiger partial charge in [0.25, 0.3) is 5.91 Å². The number of amides is 1. The number of fused-ring (bicyclic) bond motifs is 1. The van der Waals surface area contributed by atoms with Crippen LogP contribution in [0.25, 0.3) is 27.6 Å². The summed E-state index contributed by atoms with van der Waals surface area (Å²) in [5.41, 5.74) is 3.67. The molecule has 35 heavy (non-hydrogen) atoms. The molecule has 8 heteroatoms. The van der Waals surface area contributed by atoms with Gasteiger partial charge in [-0.25, -0.2) is 18.2 Å².